The summed E-state index contributed by atoms with van der Waals surface area (Å²) in [6.07, 6.45) is 1.94. The van der Waals surface area contributed by atoms with Crippen LogP contribution >= 0.6 is 0 Å². The average Bonchev–Trinajstić information content (AvgIpc) is 3.15. The molecule has 0 aliphatic carbocycles. The minimum Gasteiger partial charge on any atom is -0.495 e. The van der Waals surface area contributed by atoms with Gasteiger partial charge in [-0.1, -0.05) is 12.1 Å². The predicted molar refractivity (Wildman–Crippen MR) is 110 cm³/mol. The molecular formula is C20H28N6O2. The number of para-hydroxylation sites is 2. The number of piperazine rings is 1. The molecule has 3 N–H and O–H groups in total. The summed E-state index contributed by atoms with van der Waals surface area (Å²) in [5, 5.41) is 9.99. The van der Waals surface area contributed by atoms with Crippen LogP contribution in [0.25, 0.3) is 0 Å². The van der Waals surface area contributed by atoms with E-state index in [9.17, 15) is 5.11 Å². The molecular weight excluding hydrogens is 356 g/mol. The van der Waals surface area contributed by atoms with E-state index in [2.05, 4.69) is 30.7 Å². The standard InChI is InChI=1S/C20H28N6O2/c1-28-18-5-3-2-4-17(18)24-6-8-25(9-7-24)19-11-20(23-14-22-19)26-13-16(27)10-15(26)12-21/h2-5,11,14-16,27H,6-10,12-13,21H2,1H3/t15-,16-/m1/s1. The first-order chi connectivity index (χ1) is 13.7. The maximum atomic E-state index is 9.99. The number of aliphatic hydroxyl groups excluding tert-OH is 1. The number of benzene rings is 1. The summed E-state index contributed by atoms with van der Waals surface area (Å²) in [6, 6.07) is 10.3. The Morgan fingerprint density at radius 1 is 1.11 bits per heavy atom. The van der Waals surface area contributed by atoms with Gasteiger partial charge in [-0.25, -0.2) is 9.97 Å². The Kier molecular flexibility index (Phi) is 5.50. The van der Waals surface area contributed by atoms with Gasteiger partial charge in [-0.05, 0) is 18.6 Å². The molecule has 3 heterocycles. The van der Waals surface area contributed by atoms with Crippen molar-refractivity contribution in [3.63, 3.8) is 0 Å². The molecule has 8 heteroatoms. The fourth-order valence-corrected chi connectivity index (χ4v) is 4.13. The normalized spacial score (nSPS) is 22.6. The van der Waals surface area contributed by atoms with Crippen LogP contribution in [0.4, 0.5) is 17.3 Å². The Balaban J connectivity index is 1.45. The predicted octanol–water partition coefficient (Wildman–Crippen LogP) is 0.710. The van der Waals surface area contributed by atoms with Crippen molar-refractivity contribution in [1.82, 2.24) is 9.97 Å². The third-order valence-electron chi connectivity index (χ3n) is 5.63. The summed E-state index contributed by atoms with van der Waals surface area (Å²) in [6.45, 7) is 4.61. The van der Waals surface area contributed by atoms with Gasteiger partial charge in [0.2, 0.25) is 0 Å². The zero-order chi connectivity index (χ0) is 19.5. The largest absolute Gasteiger partial charge is 0.495 e. The first kappa shape index (κ1) is 18.8. The van der Waals surface area contributed by atoms with Gasteiger partial charge < -0.3 is 30.3 Å². The molecule has 2 aliphatic rings. The number of methoxy groups -OCH3 is 1. The molecule has 0 spiro atoms. The Labute approximate surface area is 165 Å². The van der Waals surface area contributed by atoms with Gasteiger partial charge in [0, 0.05) is 51.4 Å². The highest BCUT2D eigenvalue weighted by atomic mass is 16.5. The van der Waals surface area contributed by atoms with Crippen molar-refractivity contribution >= 4 is 17.3 Å². The fraction of sp³-hybridized carbons (Fsp3) is 0.500. The van der Waals surface area contributed by atoms with Crippen LogP contribution in [0.1, 0.15) is 6.42 Å². The number of nitrogens with two attached hydrogens (primary N) is 1. The Hall–Kier alpha value is -2.58. The van der Waals surface area contributed by atoms with Crippen LogP contribution in [0.5, 0.6) is 5.75 Å². The molecule has 2 atom stereocenters. The van der Waals surface area contributed by atoms with E-state index in [4.69, 9.17) is 10.5 Å². The first-order valence-corrected chi connectivity index (χ1v) is 9.79. The molecule has 0 radical (unpaired) electrons. The molecule has 8 nitrogen and oxygen atoms in total. The number of aliphatic hydroxyl groups is 1. The topological polar surface area (TPSA) is 91.0 Å². The molecule has 0 amide bonds. The molecule has 1 aromatic carbocycles. The molecule has 28 heavy (non-hydrogen) atoms. The first-order valence-electron chi connectivity index (χ1n) is 9.79. The van der Waals surface area contributed by atoms with Crippen molar-refractivity contribution < 1.29 is 9.84 Å². The highest BCUT2D eigenvalue weighted by Gasteiger charge is 2.31. The highest BCUT2D eigenvalue weighted by molar-refractivity contribution is 5.60. The minimum atomic E-state index is -0.351. The van der Waals surface area contributed by atoms with Crippen molar-refractivity contribution in [2.75, 3.05) is 61.1 Å². The Morgan fingerprint density at radius 3 is 2.57 bits per heavy atom. The quantitative estimate of drug-likeness (QED) is 0.779. The number of nitrogens with zero attached hydrogens (tertiary/aromatic N) is 5. The van der Waals surface area contributed by atoms with E-state index in [1.807, 2.05) is 24.3 Å². The zero-order valence-electron chi connectivity index (χ0n) is 16.2. The summed E-state index contributed by atoms with van der Waals surface area (Å²) in [5.41, 5.74) is 7.01. The number of anilines is 3. The monoisotopic (exact) mass is 384 g/mol. The maximum Gasteiger partial charge on any atom is 0.142 e. The third-order valence-corrected chi connectivity index (χ3v) is 5.63. The van der Waals surface area contributed by atoms with Crippen molar-refractivity contribution in [3.8, 4) is 5.75 Å². The smallest absolute Gasteiger partial charge is 0.142 e. The summed E-state index contributed by atoms with van der Waals surface area (Å²) >= 11 is 0. The van der Waals surface area contributed by atoms with Crippen LogP contribution in [0.3, 0.4) is 0 Å². The van der Waals surface area contributed by atoms with Gasteiger partial charge in [-0.15, -0.1) is 0 Å². The van der Waals surface area contributed by atoms with Gasteiger partial charge >= 0.3 is 0 Å². The molecule has 0 saturated carbocycles. The van der Waals surface area contributed by atoms with Crippen LogP contribution in [-0.4, -0.2) is 73.6 Å². The molecule has 0 unspecified atom stereocenters. The minimum absolute atomic E-state index is 0.125. The lowest BCUT2D eigenvalue weighted by atomic mass is 10.2. The van der Waals surface area contributed by atoms with Crippen LogP contribution in [0.2, 0.25) is 0 Å². The lowest BCUT2D eigenvalue weighted by Crippen LogP contribution is -2.47. The molecule has 2 fully saturated rings. The maximum absolute atomic E-state index is 9.99. The van der Waals surface area contributed by atoms with E-state index in [1.165, 1.54) is 0 Å². The number of ether oxygens (including phenoxy) is 1. The number of β-amino-alcohol motifs (C(OH)–C–C–N with tert-alkyl or cyclic N) is 1. The average molecular weight is 384 g/mol. The fourth-order valence-electron chi connectivity index (χ4n) is 4.13. The third kappa shape index (κ3) is 3.70. The van der Waals surface area contributed by atoms with Crippen molar-refractivity contribution in [3.05, 3.63) is 36.7 Å². The van der Waals surface area contributed by atoms with E-state index >= 15 is 0 Å². The van der Waals surface area contributed by atoms with E-state index in [-0.39, 0.29) is 12.1 Å². The van der Waals surface area contributed by atoms with Gasteiger partial charge in [0.1, 0.15) is 23.7 Å². The zero-order valence-corrected chi connectivity index (χ0v) is 16.2. The van der Waals surface area contributed by atoms with Crippen molar-refractivity contribution in [2.24, 2.45) is 5.73 Å². The molecule has 2 saturated heterocycles. The SMILES string of the molecule is COc1ccccc1N1CCN(c2cc(N3C[C@H](O)C[C@@H]3CN)ncn2)CC1. The van der Waals surface area contributed by atoms with Gasteiger partial charge in [-0.2, -0.15) is 0 Å². The second-order valence-electron chi connectivity index (χ2n) is 7.31. The Morgan fingerprint density at radius 2 is 1.82 bits per heavy atom. The summed E-state index contributed by atoms with van der Waals surface area (Å²) in [4.78, 5) is 15.6. The lowest BCUT2D eigenvalue weighted by molar-refractivity contribution is 0.194. The number of hydrogen-bond acceptors (Lipinski definition) is 8. The van der Waals surface area contributed by atoms with Gasteiger partial charge in [0.25, 0.3) is 0 Å². The van der Waals surface area contributed by atoms with Crippen LogP contribution in [-0.2, 0) is 0 Å². The molecule has 150 valence electrons. The summed E-state index contributed by atoms with van der Waals surface area (Å²) in [7, 11) is 1.71. The highest BCUT2D eigenvalue weighted by Crippen LogP contribution is 2.30. The van der Waals surface area contributed by atoms with Crippen molar-refractivity contribution in [2.45, 2.75) is 18.6 Å². The lowest BCUT2D eigenvalue weighted by Gasteiger charge is -2.37. The van der Waals surface area contributed by atoms with E-state index in [0.717, 1.165) is 49.3 Å². The van der Waals surface area contributed by atoms with E-state index in [0.29, 0.717) is 19.5 Å². The van der Waals surface area contributed by atoms with Crippen LogP contribution < -0.4 is 25.2 Å². The molecule has 2 aromatic rings. The van der Waals surface area contributed by atoms with E-state index < -0.39 is 0 Å². The number of aromatic nitrogens is 2. The summed E-state index contributed by atoms with van der Waals surface area (Å²) in [5.74, 6) is 2.66. The molecule has 1 aromatic heterocycles. The Bertz CT molecular complexity index is 796. The number of hydrogen-bond donors (Lipinski definition) is 2. The molecule has 4 rings (SSSR count). The summed E-state index contributed by atoms with van der Waals surface area (Å²) < 4.78 is 5.50. The van der Waals surface area contributed by atoms with Crippen LogP contribution in [0, 0.1) is 0 Å². The van der Waals surface area contributed by atoms with Gasteiger partial charge in [0.05, 0.1) is 18.9 Å². The molecule has 2 aliphatic heterocycles. The van der Waals surface area contributed by atoms with Crippen LogP contribution in [0.15, 0.2) is 36.7 Å². The molecule has 0 bridgehead atoms. The number of rotatable bonds is 5. The van der Waals surface area contributed by atoms with Crippen molar-refractivity contribution in [1.29, 1.82) is 0 Å². The second kappa shape index (κ2) is 8.20. The van der Waals surface area contributed by atoms with Gasteiger partial charge in [-0.3, -0.25) is 0 Å². The van der Waals surface area contributed by atoms with E-state index in [1.54, 1.807) is 13.4 Å². The van der Waals surface area contributed by atoms with Gasteiger partial charge in [0.15, 0.2) is 0 Å². The second-order valence-corrected chi connectivity index (χ2v) is 7.31.